The summed E-state index contributed by atoms with van der Waals surface area (Å²) in [6, 6.07) is 15.6. The van der Waals surface area contributed by atoms with Crippen LogP contribution in [0.15, 0.2) is 54.6 Å². The van der Waals surface area contributed by atoms with E-state index < -0.39 is 5.54 Å². The van der Waals surface area contributed by atoms with Gasteiger partial charge in [0.2, 0.25) is 5.91 Å². The summed E-state index contributed by atoms with van der Waals surface area (Å²) in [6.07, 6.45) is 5.74. The van der Waals surface area contributed by atoms with Crippen molar-refractivity contribution in [3.63, 3.8) is 0 Å². The molecule has 0 aliphatic carbocycles. The van der Waals surface area contributed by atoms with Gasteiger partial charge in [0.25, 0.3) is 0 Å². The summed E-state index contributed by atoms with van der Waals surface area (Å²) in [5, 5.41) is 3.05. The first-order valence-corrected chi connectivity index (χ1v) is 10.9. The van der Waals surface area contributed by atoms with Gasteiger partial charge in [-0.15, -0.1) is 0 Å². The average molecular weight is 436 g/mol. The highest BCUT2D eigenvalue weighted by Crippen LogP contribution is 2.36. The van der Waals surface area contributed by atoms with Crippen LogP contribution in [0, 0.1) is 0 Å². The van der Waals surface area contributed by atoms with E-state index in [1.54, 1.807) is 13.2 Å². The van der Waals surface area contributed by atoms with Crippen LogP contribution in [0.25, 0.3) is 6.08 Å². The fourth-order valence-electron chi connectivity index (χ4n) is 4.50. The van der Waals surface area contributed by atoms with E-state index in [1.807, 2.05) is 36.4 Å². The highest BCUT2D eigenvalue weighted by molar-refractivity contribution is 5.93. The number of nitrogens with one attached hydrogen (secondary N) is 1. The molecule has 32 heavy (non-hydrogen) atoms. The molecule has 7 heteroatoms. The maximum atomic E-state index is 12.8. The summed E-state index contributed by atoms with van der Waals surface area (Å²) in [4.78, 5) is 28.6. The third kappa shape index (κ3) is 4.48. The van der Waals surface area contributed by atoms with Crippen molar-refractivity contribution < 1.29 is 19.1 Å². The Balaban J connectivity index is 1.36. The van der Waals surface area contributed by atoms with Crippen LogP contribution in [0.3, 0.4) is 0 Å². The fraction of sp³-hybridized carbons (Fsp3) is 0.360. The number of carbonyl (C=O) groups excluding carboxylic acids is 2. The predicted octanol–water partition coefficient (Wildman–Crippen LogP) is 3.06. The molecule has 2 saturated heterocycles. The molecule has 2 aromatic rings. The fourth-order valence-corrected chi connectivity index (χ4v) is 4.50. The maximum absolute atomic E-state index is 12.8. The smallest absolute Gasteiger partial charge is 0.308 e. The molecule has 0 unspecified atom stereocenters. The number of methoxy groups -OCH3 is 1. The van der Waals surface area contributed by atoms with Gasteiger partial charge < -0.3 is 19.7 Å². The molecular formula is C25H29N3O4. The summed E-state index contributed by atoms with van der Waals surface area (Å²) in [6.45, 7) is 4.45. The monoisotopic (exact) mass is 435 g/mol. The second-order valence-electron chi connectivity index (χ2n) is 8.17. The molecule has 1 amide bonds. The number of para-hydroxylation sites is 1. The number of ether oxygens (including phenoxy) is 2. The number of piperidine rings is 1. The first kappa shape index (κ1) is 21.9. The summed E-state index contributed by atoms with van der Waals surface area (Å²) in [5.41, 5.74) is 1.60. The number of benzene rings is 2. The van der Waals surface area contributed by atoms with E-state index in [0.29, 0.717) is 18.2 Å². The number of nitrogens with zero attached hydrogens (tertiary/aromatic N) is 2. The van der Waals surface area contributed by atoms with E-state index in [9.17, 15) is 9.59 Å². The minimum atomic E-state index is -0.457. The molecule has 2 aromatic carbocycles. The van der Waals surface area contributed by atoms with Crippen LogP contribution in [-0.2, 0) is 9.59 Å². The lowest BCUT2D eigenvalue weighted by Gasteiger charge is -2.43. The minimum absolute atomic E-state index is 0.136. The molecule has 2 fully saturated rings. The number of esters is 1. The Morgan fingerprint density at radius 1 is 1.12 bits per heavy atom. The van der Waals surface area contributed by atoms with E-state index in [4.69, 9.17) is 9.47 Å². The molecule has 0 aromatic heterocycles. The lowest BCUT2D eigenvalue weighted by Crippen LogP contribution is -2.56. The van der Waals surface area contributed by atoms with Crippen LogP contribution >= 0.6 is 0 Å². The minimum Gasteiger partial charge on any atom is -0.493 e. The number of hydrogen-bond donors (Lipinski definition) is 1. The van der Waals surface area contributed by atoms with Crippen molar-refractivity contribution in [3.05, 3.63) is 60.2 Å². The molecule has 0 saturated carbocycles. The molecule has 7 nitrogen and oxygen atoms in total. The van der Waals surface area contributed by atoms with Crippen molar-refractivity contribution in [1.82, 2.24) is 10.2 Å². The lowest BCUT2D eigenvalue weighted by molar-refractivity contribution is -0.132. The van der Waals surface area contributed by atoms with Crippen LogP contribution in [0.4, 0.5) is 5.69 Å². The summed E-state index contributed by atoms with van der Waals surface area (Å²) in [7, 11) is 1.55. The molecular weight excluding hydrogens is 406 g/mol. The Bertz CT molecular complexity index is 998. The topological polar surface area (TPSA) is 71.1 Å². The molecule has 1 N–H and O–H groups in total. The van der Waals surface area contributed by atoms with Crippen LogP contribution in [0.1, 0.15) is 25.3 Å². The van der Waals surface area contributed by atoms with Crippen LogP contribution in [-0.4, -0.2) is 55.7 Å². The van der Waals surface area contributed by atoms with Crippen molar-refractivity contribution in [2.45, 2.75) is 25.3 Å². The maximum Gasteiger partial charge on any atom is 0.308 e. The van der Waals surface area contributed by atoms with Gasteiger partial charge in [0.05, 0.1) is 13.8 Å². The van der Waals surface area contributed by atoms with E-state index in [1.165, 1.54) is 6.92 Å². The van der Waals surface area contributed by atoms with E-state index >= 15 is 0 Å². The Morgan fingerprint density at radius 3 is 2.56 bits per heavy atom. The Labute approximate surface area is 188 Å². The van der Waals surface area contributed by atoms with Gasteiger partial charge in [-0.25, -0.2) is 0 Å². The van der Waals surface area contributed by atoms with Gasteiger partial charge in [0, 0.05) is 32.2 Å². The molecule has 2 aliphatic heterocycles. The second-order valence-corrected chi connectivity index (χ2v) is 8.17. The van der Waals surface area contributed by atoms with Gasteiger partial charge in [-0.2, -0.15) is 0 Å². The zero-order valence-electron chi connectivity index (χ0n) is 18.5. The quantitative estimate of drug-likeness (QED) is 0.556. The zero-order chi connectivity index (χ0) is 22.6. The Hall–Kier alpha value is -3.32. The van der Waals surface area contributed by atoms with Gasteiger partial charge in [0.1, 0.15) is 5.54 Å². The van der Waals surface area contributed by atoms with Gasteiger partial charge in [-0.3, -0.25) is 14.5 Å². The molecule has 0 atom stereocenters. The third-order valence-electron chi connectivity index (χ3n) is 6.20. The standard InChI is InChI=1S/C25H29N3O4/c1-19(29)32-22-11-10-20(17-23(22)31-2)7-6-14-27-15-12-25(13-16-27)24(30)26-18-28(25)21-8-4-3-5-9-21/h3-11,17H,12-16,18H2,1-2H3,(H,26,30)/b7-6-. The van der Waals surface area contributed by atoms with Gasteiger partial charge >= 0.3 is 5.97 Å². The second kappa shape index (κ2) is 9.44. The van der Waals surface area contributed by atoms with Crippen molar-refractivity contribution in [2.24, 2.45) is 0 Å². The highest BCUT2D eigenvalue weighted by Gasteiger charge is 2.50. The third-order valence-corrected chi connectivity index (χ3v) is 6.20. The Kier molecular flexibility index (Phi) is 6.46. The van der Waals surface area contributed by atoms with Crippen LogP contribution in [0.5, 0.6) is 11.5 Å². The van der Waals surface area contributed by atoms with Crippen LogP contribution < -0.4 is 19.7 Å². The molecule has 1 spiro atoms. The van der Waals surface area contributed by atoms with Crippen molar-refractivity contribution in [1.29, 1.82) is 0 Å². The molecule has 4 rings (SSSR count). The van der Waals surface area contributed by atoms with E-state index in [0.717, 1.165) is 43.7 Å². The Morgan fingerprint density at radius 2 is 1.88 bits per heavy atom. The average Bonchev–Trinajstić information content (AvgIpc) is 3.11. The normalized spacial score (nSPS) is 18.2. The largest absolute Gasteiger partial charge is 0.493 e. The first-order valence-electron chi connectivity index (χ1n) is 10.9. The number of hydrogen-bond acceptors (Lipinski definition) is 6. The van der Waals surface area contributed by atoms with Crippen molar-refractivity contribution in [3.8, 4) is 11.5 Å². The van der Waals surface area contributed by atoms with Crippen LogP contribution in [0.2, 0.25) is 0 Å². The molecule has 2 heterocycles. The highest BCUT2D eigenvalue weighted by atomic mass is 16.6. The summed E-state index contributed by atoms with van der Waals surface area (Å²) < 4.78 is 10.5. The van der Waals surface area contributed by atoms with Crippen molar-refractivity contribution >= 4 is 23.6 Å². The lowest BCUT2D eigenvalue weighted by atomic mass is 9.85. The zero-order valence-corrected chi connectivity index (χ0v) is 18.5. The molecule has 0 bridgehead atoms. The summed E-state index contributed by atoms with van der Waals surface area (Å²) in [5.74, 6) is 0.694. The summed E-state index contributed by atoms with van der Waals surface area (Å²) >= 11 is 0. The first-order chi connectivity index (χ1) is 15.5. The van der Waals surface area contributed by atoms with Gasteiger partial charge in [-0.05, 0) is 42.7 Å². The molecule has 168 valence electrons. The molecule has 2 aliphatic rings. The molecule has 0 radical (unpaired) electrons. The van der Waals surface area contributed by atoms with Crippen molar-refractivity contribution in [2.75, 3.05) is 38.3 Å². The number of anilines is 1. The van der Waals surface area contributed by atoms with E-state index in [-0.39, 0.29) is 11.9 Å². The predicted molar refractivity (Wildman–Crippen MR) is 124 cm³/mol. The number of likely N-dealkylation sites (tertiary alicyclic amines) is 1. The van der Waals surface area contributed by atoms with E-state index in [2.05, 4.69) is 33.3 Å². The SMILES string of the molecule is COc1cc(/C=C\CN2CCC3(CC2)C(=O)NCN3c2ccccc2)ccc1OC(C)=O. The van der Waals surface area contributed by atoms with Gasteiger partial charge in [0.15, 0.2) is 11.5 Å². The number of amides is 1. The number of rotatable bonds is 6. The number of carbonyl (C=O) groups is 2. The van der Waals surface area contributed by atoms with Gasteiger partial charge in [-0.1, -0.05) is 36.4 Å².